The monoisotopic (exact) mass is 250 g/mol. The van der Waals surface area contributed by atoms with E-state index in [1.54, 1.807) is 0 Å². The molecule has 0 saturated carbocycles. The molecule has 2 heteroatoms. The van der Waals surface area contributed by atoms with Crippen molar-refractivity contribution in [2.75, 3.05) is 7.05 Å². The van der Waals surface area contributed by atoms with Crippen LogP contribution in [0.3, 0.4) is 0 Å². The van der Waals surface area contributed by atoms with Crippen LogP contribution in [-0.2, 0) is 0 Å². The summed E-state index contributed by atoms with van der Waals surface area (Å²) in [5.74, 6) is 1.71. The lowest BCUT2D eigenvalue weighted by molar-refractivity contribution is 0.511. The first-order valence-corrected chi connectivity index (χ1v) is 7.38. The maximum Gasteiger partial charge on any atom is 0.132 e. The molecule has 1 aliphatic rings. The fraction of sp³-hybridized carbons (Fsp3) is 0.688. The van der Waals surface area contributed by atoms with Gasteiger partial charge in [0.05, 0.1) is 0 Å². The molecule has 1 rings (SSSR count). The highest BCUT2D eigenvalue weighted by Gasteiger charge is 2.23. The van der Waals surface area contributed by atoms with Gasteiger partial charge in [-0.2, -0.15) is 0 Å². The maximum atomic E-state index is 4.28. The van der Waals surface area contributed by atoms with Crippen LogP contribution in [0.15, 0.2) is 28.4 Å². The highest BCUT2D eigenvalue weighted by Crippen LogP contribution is 2.30. The normalized spacial score (nSPS) is 18.7. The number of nitrogens with zero attached hydrogens (tertiary/aromatic N) is 1. The molecule has 0 unspecified atom stereocenters. The highest BCUT2D eigenvalue weighted by atomic mass is 15.0. The van der Waals surface area contributed by atoms with Gasteiger partial charge in [0.25, 0.3) is 0 Å². The topological polar surface area (TPSA) is 24.4 Å². The van der Waals surface area contributed by atoms with Crippen molar-refractivity contribution in [2.45, 2.75) is 60.3 Å². The lowest BCUT2D eigenvalue weighted by Gasteiger charge is -2.17. The van der Waals surface area contributed by atoms with Gasteiger partial charge < -0.3 is 5.32 Å². The zero-order valence-electron chi connectivity index (χ0n) is 13.0. The van der Waals surface area contributed by atoms with Crippen LogP contribution in [0.25, 0.3) is 0 Å². The van der Waals surface area contributed by atoms with Gasteiger partial charge in [-0.3, -0.25) is 4.99 Å². The largest absolute Gasteiger partial charge is 0.346 e. The molecule has 0 amide bonds. The molecule has 0 radical (unpaired) electrons. The predicted molar refractivity (Wildman–Crippen MR) is 83.0 cm³/mol. The minimum atomic E-state index is 0.688. The molecular formula is C16H30N2. The summed E-state index contributed by atoms with van der Waals surface area (Å²) in [5.41, 5.74) is 2.75. The standard InChI is InChI=1S/C14H24N2.C2H6/c1-5-8-11(9-6-2)13-10-16-14(15-4)12(13)7-3;1-2/h7,10-11H,5-6,8-9H2,1-4H3,(H,15,16);1-2H3/b12-7-;. The first kappa shape index (κ1) is 16.9. The minimum absolute atomic E-state index is 0.688. The second-order valence-corrected chi connectivity index (χ2v) is 4.29. The van der Waals surface area contributed by atoms with Crippen LogP contribution in [0.5, 0.6) is 0 Å². The molecular weight excluding hydrogens is 220 g/mol. The van der Waals surface area contributed by atoms with Crippen molar-refractivity contribution in [1.82, 2.24) is 5.32 Å². The Bertz CT molecular complexity index is 305. The van der Waals surface area contributed by atoms with Crippen LogP contribution in [-0.4, -0.2) is 12.9 Å². The van der Waals surface area contributed by atoms with Gasteiger partial charge in [0.1, 0.15) is 5.84 Å². The van der Waals surface area contributed by atoms with E-state index >= 15 is 0 Å². The van der Waals surface area contributed by atoms with E-state index in [1.807, 2.05) is 20.9 Å². The first-order valence-electron chi connectivity index (χ1n) is 7.38. The van der Waals surface area contributed by atoms with Crippen molar-refractivity contribution in [3.05, 3.63) is 23.4 Å². The number of nitrogens with one attached hydrogen (secondary N) is 1. The molecule has 104 valence electrons. The third-order valence-electron chi connectivity index (χ3n) is 3.16. The van der Waals surface area contributed by atoms with Crippen molar-refractivity contribution in [1.29, 1.82) is 0 Å². The Hall–Kier alpha value is -1.05. The van der Waals surface area contributed by atoms with E-state index in [4.69, 9.17) is 0 Å². The second kappa shape index (κ2) is 9.93. The quantitative estimate of drug-likeness (QED) is 0.752. The number of amidine groups is 1. The van der Waals surface area contributed by atoms with Crippen molar-refractivity contribution < 1.29 is 0 Å². The summed E-state index contributed by atoms with van der Waals surface area (Å²) in [6.45, 7) is 10.6. The third kappa shape index (κ3) is 4.32. The van der Waals surface area contributed by atoms with Gasteiger partial charge in [-0.1, -0.05) is 46.6 Å². The Balaban J connectivity index is 0.00000137. The molecule has 0 atom stereocenters. The fourth-order valence-electron chi connectivity index (χ4n) is 2.42. The summed E-state index contributed by atoms with van der Waals surface area (Å²) in [7, 11) is 1.84. The van der Waals surface area contributed by atoms with E-state index in [1.165, 1.54) is 36.8 Å². The number of rotatable bonds is 5. The van der Waals surface area contributed by atoms with Crippen LogP contribution in [0.4, 0.5) is 0 Å². The van der Waals surface area contributed by atoms with Crippen LogP contribution in [0, 0.1) is 5.92 Å². The number of allylic oxidation sites excluding steroid dienone is 1. The van der Waals surface area contributed by atoms with E-state index in [2.05, 4.69) is 43.4 Å². The number of hydrogen-bond acceptors (Lipinski definition) is 1. The van der Waals surface area contributed by atoms with E-state index in [0.717, 1.165) is 5.84 Å². The third-order valence-corrected chi connectivity index (χ3v) is 3.16. The van der Waals surface area contributed by atoms with Gasteiger partial charge in [0.15, 0.2) is 0 Å². The SMILES string of the molecule is C/C=C1/C(C(CCC)CCC)=CNC1=NC.CC. The van der Waals surface area contributed by atoms with Crippen LogP contribution in [0.2, 0.25) is 0 Å². The summed E-state index contributed by atoms with van der Waals surface area (Å²) >= 11 is 0. The van der Waals surface area contributed by atoms with Crippen molar-refractivity contribution in [3.63, 3.8) is 0 Å². The lowest BCUT2D eigenvalue weighted by Crippen LogP contribution is -2.13. The van der Waals surface area contributed by atoms with Crippen LogP contribution >= 0.6 is 0 Å². The van der Waals surface area contributed by atoms with Crippen molar-refractivity contribution in [3.8, 4) is 0 Å². The fourth-order valence-corrected chi connectivity index (χ4v) is 2.42. The molecule has 0 fully saturated rings. The maximum absolute atomic E-state index is 4.28. The molecule has 18 heavy (non-hydrogen) atoms. The van der Waals surface area contributed by atoms with Crippen molar-refractivity contribution in [2.24, 2.45) is 10.9 Å². The summed E-state index contributed by atoms with van der Waals surface area (Å²) in [6.07, 6.45) is 9.36. The number of aliphatic imine (C=N–C) groups is 1. The molecule has 2 nitrogen and oxygen atoms in total. The van der Waals surface area contributed by atoms with E-state index in [-0.39, 0.29) is 0 Å². The first-order chi connectivity index (χ1) is 8.78. The van der Waals surface area contributed by atoms with Gasteiger partial charge in [-0.15, -0.1) is 0 Å². The molecule has 0 aromatic carbocycles. The molecule has 1 aliphatic heterocycles. The minimum Gasteiger partial charge on any atom is -0.346 e. The highest BCUT2D eigenvalue weighted by molar-refractivity contribution is 6.05. The van der Waals surface area contributed by atoms with E-state index < -0.39 is 0 Å². The summed E-state index contributed by atoms with van der Waals surface area (Å²) < 4.78 is 0. The Morgan fingerprint density at radius 1 is 1.22 bits per heavy atom. The zero-order chi connectivity index (χ0) is 14.0. The van der Waals surface area contributed by atoms with Gasteiger partial charge in [0.2, 0.25) is 0 Å². The van der Waals surface area contributed by atoms with Gasteiger partial charge in [-0.25, -0.2) is 0 Å². The summed E-state index contributed by atoms with van der Waals surface area (Å²) in [4.78, 5) is 4.28. The Morgan fingerprint density at radius 2 is 1.78 bits per heavy atom. The van der Waals surface area contributed by atoms with E-state index in [9.17, 15) is 0 Å². The molecule has 0 saturated heterocycles. The zero-order valence-corrected chi connectivity index (χ0v) is 13.0. The van der Waals surface area contributed by atoms with E-state index in [0.29, 0.717) is 5.92 Å². The van der Waals surface area contributed by atoms with Gasteiger partial charge in [-0.05, 0) is 31.3 Å². The van der Waals surface area contributed by atoms with Crippen LogP contribution in [0.1, 0.15) is 60.3 Å². The van der Waals surface area contributed by atoms with Crippen LogP contribution < -0.4 is 5.32 Å². The Labute approximate surface area is 113 Å². The average Bonchev–Trinajstić information content (AvgIpc) is 2.83. The smallest absolute Gasteiger partial charge is 0.132 e. The molecule has 0 aliphatic carbocycles. The number of hydrogen-bond donors (Lipinski definition) is 1. The summed E-state index contributed by atoms with van der Waals surface area (Å²) in [6, 6.07) is 0. The molecule has 0 aromatic rings. The summed E-state index contributed by atoms with van der Waals surface area (Å²) in [5, 5.41) is 3.27. The average molecular weight is 250 g/mol. The molecule has 1 heterocycles. The van der Waals surface area contributed by atoms with Crippen molar-refractivity contribution >= 4 is 5.84 Å². The molecule has 0 bridgehead atoms. The lowest BCUT2D eigenvalue weighted by atomic mass is 9.87. The molecule has 0 aromatic heterocycles. The predicted octanol–water partition coefficient (Wildman–Crippen LogP) is 4.69. The second-order valence-electron chi connectivity index (χ2n) is 4.29. The van der Waals surface area contributed by atoms with Gasteiger partial charge >= 0.3 is 0 Å². The molecule has 0 spiro atoms. The Kier molecular flexibility index (Phi) is 9.35. The van der Waals surface area contributed by atoms with Gasteiger partial charge in [0, 0.05) is 18.8 Å². The Morgan fingerprint density at radius 3 is 2.17 bits per heavy atom. The molecule has 1 N–H and O–H groups in total.